The lowest BCUT2D eigenvalue weighted by Gasteiger charge is -2.27. The second-order valence-electron chi connectivity index (χ2n) is 10.7. The SMILES string of the molecule is C=C(/C=C\CN(c1ccc(-c2ccccc2)cc1)c1ccc2c(c1)C(C)(C)c1ccccc1-2)c1ccccc1. The molecule has 39 heavy (non-hydrogen) atoms. The molecular weight excluding hydrogens is 470 g/mol. The molecule has 6 rings (SSSR count). The van der Waals surface area contributed by atoms with Crippen LogP contribution in [0.15, 0.2) is 146 Å². The van der Waals surface area contributed by atoms with E-state index in [1.165, 1.54) is 39.1 Å². The second-order valence-corrected chi connectivity index (χ2v) is 10.7. The molecule has 0 fully saturated rings. The fraction of sp³-hybridized carbons (Fsp3) is 0.105. The van der Waals surface area contributed by atoms with E-state index in [4.69, 9.17) is 0 Å². The number of allylic oxidation sites excluding steroid dienone is 2. The molecule has 1 aliphatic carbocycles. The van der Waals surface area contributed by atoms with Crippen molar-refractivity contribution in [1.29, 1.82) is 0 Å². The average Bonchev–Trinajstić information content (AvgIpc) is 3.22. The van der Waals surface area contributed by atoms with Crippen molar-refractivity contribution in [3.63, 3.8) is 0 Å². The first-order chi connectivity index (χ1) is 19.0. The number of nitrogens with zero attached hydrogens (tertiary/aromatic N) is 1. The molecule has 0 N–H and O–H groups in total. The van der Waals surface area contributed by atoms with E-state index in [0.29, 0.717) is 0 Å². The molecule has 1 aliphatic rings. The minimum Gasteiger partial charge on any atom is -0.338 e. The first kappa shape index (κ1) is 24.7. The maximum absolute atomic E-state index is 4.30. The van der Waals surface area contributed by atoms with Gasteiger partial charge < -0.3 is 4.90 Å². The average molecular weight is 504 g/mol. The maximum Gasteiger partial charge on any atom is 0.0417 e. The van der Waals surface area contributed by atoms with Crippen molar-refractivity contribution in [2.45, 2.75) is 19.3 Å². The Labute approximate surface area is 232 Å². The molecule has 0 atom stereocenters. The molecule has 0 unspecified atom stereocenters. The molecule has 0 aromatic heterocycles. The van der Waals surface area contributed by atoms with Gasteiger partial charge in [0.1, 0.15) is 0 Å². The van der Waals surface area contributed by atoms with E-state index in [0.717, 1.165) is 23.4 Å². The van der Waals surface area contributed by atoms with Crippen LogP contribution in [0.1, 0.15) is 30.5 Å². The molecule has 190 valence electrons. The van der Waals surface area contributed by atoms with E-state index in [2.05, 4.69) is 159 Å². The quantitative estimate of drug-likeness (QED) is 0.200. The van der Waals surface area contributed by atoms with E-state index in [9.17, 15) is 0 Å². The molecule has 0 heterocycles. The Balaban J connectivity index is 1.36. The molecule has 1 nitrogen and oxygen atoms in total. The van der Waals surface area contributed by atoms with Crippen molar-refractivity contribution in [3.05, 3.63) is 163 Å². The van der Waals surface area contributed by atoms with Crippen LogP contribution in [0.5, 0.6) is 0 Å². The van der Waals surface area contributed by atoms with Crippen LogP contribution < -0.4 is 4.90 Å². The van der Waals surface area contributed by atoms with Gasteiger partial charge in [0.15, 0.2) is 0 Å². The van der Waals surface area contributed by atoms with Crippen molar-refractivity contribution in [2.75, 3.05) is 11.4 Å². The highest BCUT2D eigenvalue weighted by molar-refractivity contribution is 5.83. The number of rotatable bonds is 7. The van der Waals surface area contributed by atoms with Crippen LogP contribution >= 0.6 is 0 Å². The van der Waals surface area contributed by atoms with E-state index in [1.807, 2.05) is 6.07 Å². The van der Waals surface area contributed by atoms with Crippen molar-refractivity contribution < 1.29 is 0 Å². The van der Waals surface area contributed by atoms with Gasteiger partial charge in [-0.25, -0.2) is 0 Å². The van der Waals surface area contributed by atoms with Crippen molar-refractivity contribution in [1.82, 2.24) is 0 Å². The highest BCUT2D eigenvalue weighted by Crippen LogP contribution is 2.49. The van der Waals surface area contributed by atoms with Crippen LogP contribution in [0.4, 0.5) is 11.4 Å². The Morgan fingerprint density at radius 3 is 1.97 bits per heavy atom. The Morgan fingerprint density at radius 1 is 0.641 bits per heavy atom. The van der Waals surface area contributed by atoms with Gasteiger partial charge >= 0.3 is 0 Å². The van der Waals surface area contributed by atoms with E-state index in [1.54, 1.807) is 0 Å². The topological polar surface area (TPSA) is 3.24 Å². The smallest absolute Gasteiger partial charge is 0.0417 e. The van der Waals surface area contributed by atoms with E-state index < -0.39 is 0 Å². The van der Waals surface area contributed by atoms with Gasteiger partial charge in [0, 0.05) is 23.3 Å². The van der Waals surface area contributed by atoms with Gasteiger partial charge in [-0.3, -0.25) is 0 Å². The van der Waals surface area contributed by atoms with Crippen molar-refractivity contribution in [3.8, 4) is 22.3 Å². The highest BCUT2D eigenvalue weighted by atomic mass is 15.1. The molecule has 5 aromatic carbocycles. The number of benzene rings is 5. The van der Waals surface area contributed by atoms with Crippen LogP contribution in [-0.2, 0) is 5.41 Å². The monoisotopic (exact) mass is 503 g/mol. The molecule has 0 aliphatic heterocycles. The summed E-state index contributed by atoms with van der Waals surface area (Å²) in [5, 5.41) is 0. The molecule has 1 heteroatoms. The van der Waals surface area contributed by atoms with Gasteiger partial charge in [0.05, 0.1) is 0 Å². The summed E-state index contributed by atoms with van der Waals surface area (Å²) in [7, 11) is 0. The van der Waals surface area contributed by atoms with Gasteiger partial charge in [0.25, 0.3) is 0 Å². The second kappa shape index (κ2) is 10.3. The third-order valence-electron chi connectivity index (χ3n) is 7.92. The Hall–Kier alpha value is -4.62. The van der Waals surface area contributed by atoms with Crippen molar-refractivity contribution >= 4 is 16.9 Å². The Bertz CT molecular complexity index is 1640. The highest BCUT2D eigenvalue weighted by Gasteiger charge is 2.35. The van der Waals surface area contributed by atoms with Gasteiger partial charge in [0.2, 0.25) is 0 Å². The third-order valence-corrected chi connectivity index (χ3v) is 7.92. The predicted molar refractivity (Wildman–Crippen MR) is 168 cm³/mol. The summed E-state index contributed by atoms with van der Waals surface area (Å²) in [4.78, 5) is 2.39. The predicted octanol–water partition coefficient (Wildman–Crippen LogP) is 10.1. The Morgan fingerprint density at radius 2 is 1.23 bits per heavy atom. The molecule has 0 saturated heterocycles. The molecule has 0 spiro atoms. The molecular formula is C38H33N. The van der Waals surface area contributed by atoms with Crippen LogP contribution in [0.3, 0.4) is 0 Å². The summed E-state index contributed by atoms with van der Waals surface area (Å²) >= 11 is 0. The third kappa shape index (κ3) is 4.73. The maximum atomic E-state index is 4.30. The fourth-order valence-electron chi connectivity index (χ4n) is 5.73. The summed E-state index contributed by atoms with van der Waals surface area (Å²) < 4.78 is 0. The molecule has 0 bridgehead atoms. The summed E-state index contributed by atoms with van der Waals surface area (Å²) in [5.41, 5.74) is 12.4. The zero-order valence-electron chi connectivity index (χ0n) is 22.6. The zero-order chi connectivity index (χ0) is 26.8. The van der Waals surface area contributed by atoms with E-state index in [-0.39, 0.29) is 5.41 Å². The summed E-state index contributed by atoms with van der Waals surface area (Å²) in [6.45, 7) is 9.71. The first-order valence-corrected chi connectivity index (χ1v) is 13.6. The van der Waals surface area contributed by atoms with E-state index >= 15 is 0 Å². The van der Waals surface area contributed by atoms with Crippen LogP contribution in [0.25, 0.3) is 27.8 Å². The van der Waals surface area contributed by atoms with Crippen LogP contribution in [-0.4, -0.2) is 6.54 Å². The number of hydrogen-bond acceptors (Lipinski definition) is 1. The zero-order valence-corrected chi connectivity index (χ0v) is 22.6. The Kier molecular flexibility index (Phi) is 6.50. The molecule has 5 aromatic rings. The van der Waals surface area contributed by atoms with Gasteiger partial charge in [-0.05, 0) is 68.8 Å². The summed E-state index contributed by atoms with van der Waals surface area (Å²) in [6, 6.07) is 45.6. The normalized spacial score (nSPS) is 13.2. The first-order valence-electron chi connectivity index (χ1n) is 13.6. The molecule has 0 radical (unpaired) electrons. The number of hydrogen-bond donors (Lipinski definition) is 0. The summed E-state index contributed by atoms with van der Waals surface area (Å²) in [6.07, 6.45) is 4.35. The van der Waals surface area contributed by atoms with Crippen molar-refractivity contribution in [2.24, 2.45) is 0 Å². The van der Waals surface area contributed by atoms with Gasteiger partial charge in [-0.2, -0.15) is 0 Å². The van der Waals surface area contributed by atoms with Gasteiger partial charge in [-0.1, -0.05) is 136 Å². The largest absolute Gasteiger partial charge is 0.338 e. The standard InChI is InChI=1S/C38H33N/c1-28(29-14-6-4-7-15-29)13-12-26-39(32-22-20-31(21-23-32)30-16-8-5-9-17-30)33-24-25-35-34-18-10-11-19-36(34)38(2,3)37(35)27-33/h4-25,27H,1,26H2,2-3H3/b13-12-. The lowest BCUT2D eigenvalue weighted by Crippen LogP contribution is -2.19. The minimum atomic E-state index is -0.0395. The lowest BCUT2D eigenvalue weighted by molar-refractivity contribution is 0.660. The van der Waals surface area contributed by atoms with Crippen LogP contribution in [0.2, 0.25) is 0 Å². The summed E-state index contributed by atoms with van der Waals surface area (Å²) in [5.74, 6) is 0. The lowest BCUT2D eigenvalue weighted by atomic mass is 9.82. The fourth-order valence-corrected chi connectivity index (χ4v) is 5.73. The van der Waals surface area contributed by atoms with Gasteiger partial charge in [-0.15, -0.1) is 0 Å². The minimum absolute atomic E-state index is 0.0395. The number of fused-ring (bicyclic) bond motifs is 3. The van der Waals surface area contributed by atoms with Crippen LogP contribution in [0, 0.1) is 0 Å². The molecule has 0 saturated carbocycles. The molecule has 0 amide bonds. The number of anilines is 2.